The molecule has 0 aliphatic carbocycles. The highest BCUT2D eigenvalue weighted by Gasteiger charge is 2.17. The lowest BCUT2D eigenvalue weighted by Crippen LogP contribution is -2.05. The molecule has 0 unspecified atom stereocenters. The molecule has 0 spiro atoms. The summed E-state index contributed by atoms with van der Waals surface area (Å²) in [6.45, 7) is 2.42. The second-order valence-corrected chi connectivity index (χ2v) is 4.34. The average Bonchev–Trinajstić information content (AvgIpc) is 2.41. The maximum Gasteiger partial charge on any atom is 0.311 e. The largest absolute Gasteiger partial charge is 0.448 e. The molecule has 6 nitrogen and oxygen atoms in total. The lowest BCUT2D eigenvalue weighted by atomic mass is 10.2. The number of nitrogens with zero attached hydrogens (tertiary/aromatic N) is 2. The predicted octanol–water partition coefficient (Wildman–Crippen LogP) is 2.81. The number of aryl methyl sites for hydroxylation is 1. The van der Waals surface area contributed by atoms with E-state index in [0.29, 0.717) is 17.9 Å². The molecule has 0 saturated carbocycles. The van der Waals surface area contributed by atoms with E-state index >= 15 is 0 Å². The van der Waals surface area contributed by atoms with Crippen LogP contribution in [0.3, 0.4) is 0 Å². The molecule has 0 saturated heterocycles. The van der Waals surface area contributed by atoms with Gasteiger partial charge < -0.3 is 10.1 Å². The van der Waals surface area contributed by atoms with Crippen molar-refractivity contribution in [2.24, 2.45) is 0 Å². The molecule has 1 aromatic heterocycles. The summed E-state index contributed by atoms with van der Waals surface area (Å²) in [5.74, 6) is 0.732. The number of ether oxygens (including phenoxy) is 1. The van der Waals surface area contributed by atoms with Gasteiger partial charge in [-0.05, 0) is 31.2 Å². The fraction of sp³-hybridized carbons (Fsp3) is 0.214. The normalized spacial score (nSPS) is 10.3. The van der Waals surface area contributed by atoms with Crippen LogP contribution in [0.4, 0.5) is 5.69 Å². The highest BCUT2D eigenvalue weighted by molar-refractivity contribution is 5.53. The van der Waals surface area contributed by atoms with Gasteiger partial charge in [0.2, 0.25) is 5.75 Å². The van der Waals surface area contributed by atoms with Crippen LogP contribution in [-0.2, 0) is 6.54 Å². The van der Waals surface area contributed by atoms with E-state index in [1.807, 2.05) is 7.05 Å². The molecule has 1 N–H and O–H groups in total. The number of hydrogen-bond donors (Lipinski definition) is 1. The SMILES string of the molecule is CNCc1cncc(Oc2c(C)cccc2[N+](=O)[O-])c1. The Kier molecular flexibility index (Phi) is 4.27. The van der Waals surface area contributed by atoms with Crippen molar-refractivity contribution in [2.75, 3.05) is 7.05 Å². The summed E-state index contributed by atoms with van der Waals surface area (Å²) < 4.78 is 5.66. The maximum atomic E-state index is 11.0. The van der Waals surface area contributed by atoms with Crippen molar-refractivity contribution < 1.29 is 9.66 Å². The Morgan fingerprint density at radius 1 is 1.40 bits per heavy atom. The van der Waals surface area contributed by atoms with E-state index in [2.05, 4.69) is 10.3 Å². The zero-order chi connectivity index (χ0) is 14.5. The molecule has 0 radical (unpaired) electrons. The van der Waals surface area contributed by atoms with Gasteiger partial charge in [0, 0.05) is 18.8 Å². The van der Waals surface area contributed by atoms with Gasteiger partial charge in [0.25, 0.3) is 0 Å². The number of nitro groups is 1. The quantitative estimate of drug-likeness (QED) is 0.669. The van der Waals surface area contributed by atoms with E-state index in [0.717, 1.165) is 5.56 Å². The van der Waals surface area contributed by atoms with Crippen LogP contribution >= 0.6 is 0 Å². The van der Waals surface area contributed by atoms with Gasteiger partial charge in [-0.1, -0.05) is 12.1 Å². The van der Waals surface area contributed by atoms with Crippen molar-refractivity contribution >= 4 is 5.69 Å². The van der Waals surface area contributed by atoms with Gasteiger partial charge in [0.15, 0.2) is 0 Å². The first kappa shape index (κ1) is 14.0. The minimum atomic E-state index is -0.451. The Bertz CT molecular complexity index is 629. The Balaban J connectivity index is 2.34. The zero-order valence-electron chi connectivity index (χ0n) is 11.3. The van der Waals surface area contributed by atoms with Crippen LogP contribution in [0.5, 0.6) is 11.5 Å². The van der Waals surface area contributed by atoms with Gasteiger partial charge in [-0.2, -0.15) is 0 Å². The number of nitro benzene ring substituents is 1. The first-order valence-corrected chi connectivity index (χ1v) is 6.12. The third-order valence-electron chi connectivity index (χ3n) is 2.76. The summed E-state index contributed by atoms with van der Waals surface area (Å²) in [7, 11) is 1.83. The summed E-state index contributed by atoms with van der Waals surface area (Å²) in [4.78, 5) is 14.7. The van der Waals surface area contributed by atoms with E-state index in [4.69, 9.17) is 4.74 Å². The number of benzene rings is 1. The minimum Gasteiger partial charge on any atom is -0.448 e. The van der Waals surface area contributed by atoms with Crippen molar-refractivity contribution in [2.45, 2.75) is 13.5 Å². The second kappa shape index (κ2) is 6.12. The van der Waals surface area contributed by atoms with E-state index in [9.17, 15) is 10.1 Å². The number of aromatic nitrogens is 1. The summed E-state index contributed by atoms with van der Waals surface area (Å²) in [6, 6.07) is 6.64. The Labute approximate surface area is 116 Å². The molecule has 2 rings (SSSR count). The van der Waals surface area contributed by atoms with Crippen LogP contribution in [0.15, 0.2) is 36.7 Å². The van der Waals surface area contributed by atoms with E-state index in [1.165, 1.54) is 12.3 Å². The number of hydrogen-bond acceptors (Lipinski definition) is 5. The summed E-state index contributed by atoms with van der Waals surface area (Å²) in [6.07, 6.45) is 3.25. The fourth-order valence-corrected chi connectivity index (χ4v) is 1.85. The third-order valence-corrected chi connectivity index (χ3v) is 2.76. The third kappa shape index (κ3) is 3.10. The van der Waals surface area contributed by atoms with Gasteiger partial charge in [-0.3, -0.25) is 15.1 Å². The molecule has 6 heteroatoms. The molecular weight excluding hydrogens is 258 g/mol. The molecule has 20 heavy (non-hydrogen) atoms. The van der Waals surface area contributed by atoms with Crippen LogP contribution in [0, 0.1) is 17.0 Å². The molecule has 0 fully saturated rings. The van der Waals surface area contributed by atoms with Crippen LogP contribution in [-0.4, -0.2) is 17.0 Å². The molecule has 0 aliphatic rings. The van der Waals surface area contributed by atoms with Gasteiger partial charge in [0.1, 0.15) is 5.75 Å². The smallest absolute Gasteiger partial charge is 0.311 e. The molecule has 0 aliphatic heterocycles. The molecule has 2 aromatic rings. The second-order valence-electron chi connectivity index (χ2n) is 4.34. The molecular formula is C14H15N3O3. The highest BCUT2D eigenvalue weighted by atomic mass is 16.6. The Morgan fingerprint density at radius 3 is 2.90 bits per heavy atom. The minimum absolute atomic E-state index is 0.0518. The predicted molar refractivity (Wildman–Crippen MR) is 74.9 cm³/mol. The van der Waals surface area contributed by atoms with Crippen molar-refractivity contribution in [3.63, 3.8) is 0 Å². The fourth-order valence-electron chi connectivity index (χ4n) is 1.85. The molecule has 0 atom stereocenters. The van der Waals surface area contributed by atoms with E-state index in [-0.39, 0.29) is 11.4 Å². The zero-order valence-corrected chi connectivity index (χ0v) is 11.3. The molecule has 1 aromatic carbocycles. The molecule has 1 heterocycles. The number of pyridine rings is 1. The first-order valence-electron chi connectivity index (χ1n) is 6.12. The number of nitrogens with one attached hydrogen (secondary N) is 1. The number of rotatable bonds is 5. The van der Waals surface area contributed by atoms with Crippen molar-refractivity contribution in [3.8, 4) is 11.5 Å². The average molecular weight is 273 g/mol. The highest BCUT2D eigenvalue weighted by Crippen LogP contribution is 2.34. The van der Waals surface area contributed by atoms with Crippen molar-refractivity contribution in [1.29, 1.82) is 0 Å². The van der Waals surface area contributed by atoms with Crippen LogP contribution in [0.1, 0.15) is 11.1 Å². The van der Waals surface area contributed by atoms with E-state index < -0.39 is 4.92 Å². The first-order chi connectivity index (χ1) is 9.61. The van der Waals surface area contributed by atoms with Gasteiger partial charge in [0.05, 0.1) is 11.1 Å². The topological polar surface area (TPSA) is 77.3 Å². The van der Waals surface area contributed by atoms with Crippen LogP contribution in [0.25, 0.3) is 0 Å². The molecule has 104 valence electrons. The van der Waals surface area contributed by atoms with Crippen LogP contribution < -0.4 is 10.1 Å². The van der Waals surface area contributed by atoms with Gasteiger partial charge >= 0.3 is 5.69 Å². The van der Waals surface area contributed by atoms with Gasteiger partial charge in [-0.15, -0.1) is 0 Å². The molecule has 0 amide bonds. The van der Waals surface area contributed by atoms with Gasteiger partial charge in [-0.25, -0.2) is 0 Å². The number of para-hydroxylation sites is 1. The summed E-state index contributed by atoms with van der Waals surface area (Å²) in [5.41, 5.74) is 1.60. The van der Waals surface area contributed by atoms with Crippen molar-refractivity contribution in [3.05, 3.63) is 57.9 Å². The monoisotopic (exact) mass is 273 g/mol. The van der Waals surface area contributed by atoms with E-state index in [1.54, 1.807) is 31.3 Å². The van der Waals surface area contributed by atoms with Crippen molar-refractivity contribution in [1.82, 2.24) is 10.3 Å². The van der Waals surface area contributed by atoms with Crippen LogP contribution in [0.2, 0.25) is 0 Å². The summed E-state index contributed by atoms with van der Waals surface area (Å²) >= 11 is 0. The Hall–Kier alpha value is -2.47. The molecule has 0 bridgehead atoms. The maximum absolute atomic E-state index is 11.0. The lowest BCUT2D eigenvalue weighted by molar-refractivity contribution is -0.385. The Morgan fingerprint density at radius 2 is 2.20 bits per heavy atom. The lowest BCUT2D eigenvalue weighted by Gasteiger charge is -2.09. The summed E-state index contributed by atoms with van der Waals surface area (Å²) in [5, 5.41) is 14.0. The standard InChI is InChI=1S/C14H15N3O3/c1-10-4-3-5-13(17(18)19)14(10)20-12-6-11(7-15-2)8-16-9-12/h3-6,8-9,15H,7H2,1-2H3.